The van der Waals surface area contributed by atoms with Gasteiger partial charge in [-0.3, -0.25) is 13.9 Å². The van der Waals surface area contributed by atoms with Crippen LogP contribution in [-0.4, -0.2) is 63.7 Å². The first-order valence-corrected chi connectivity index (χ1v) is 18.5. The van der Waals surface area contributed by atoms with Crippen molar-refractivity contribution in [1.29, 1.82) is 0 Å². The van der Waals surface area contributed by atoms with Crippen molar-refractivity contribution in [1.82, 2.24) is 10.2 Å². The van der Waals surface area contributed by atoms with Crippen LogP contribution in [0.25, 0.3) is 0 Å². The van der Waals surface area contributed by atoms with Crippen molar-refractivity contribution in [3.05, 3.63) is 78.4 Å². The molecular weight excluding hydrogens is 623 g/mol. The summed E-state index contributed by atoms with van der Waals surface area (Å²) in [7, 11) is -2.61. The zero-order valence-electron chi connectivity index (χ0n) is 27.1. The summed E-state index contributed by atoms with van der Waals surface area (Å²) in [4.78, 5) is 30.7. The molecule has 0 heterocycles. The lowest BCUT2D eigenvalue weighted by Gasteiger charge is -2.34. The standard InChI is InChI=1S/C35H45N3O6S2/c1-5-33(35(40)36-27-12-8-7-9-13-27)37(24-26-11-10-14-30(23-26)43-3)34(39)25-38(28-15-17-29(18-16-28)44-6-2)46(41,42)32-21-19-31(45-4)20-22-32/h10-11,14-23,27,33H,5-9,12-13,24-25H2,1-4H3,(H,36,40)/t33-/m1/s1. The summed E-state index contributed by atoms with van der Waals surface area (Å²) in [5.74, 6) is 0.488. The van der Waals surface area contributed by atoms with Crippen LogP contribution in [0.15, 0.2) is 82.6 Å². The molecule has 46 heavy (non-hydrogen) atoms. The molecular formula is C35H45N3O6S2. The second-order valence-corrected chi connectivity index (χ2v) is 14.0. The monoisotopic (exact) mass is 667 g/mol. The van der Waals surface area contributed by atoms with Crippen molar-refractivity contribution >= 4 is 39.3 Å². The summed E-state index contributed by atoms with van der Waals surface area (Å²) in [6.45, 7) is 3.80. The van der Waals surface area contributed by atoms with Gasteiger partial charge in [0.1, 0.15) is 24.1 Å². The van der Waals surface area contributed by atoms with Crippen molar-refractivity contribution < 1.29 is 27.5 Å². The fourth-order valence-electron chi connectivity index (χ4n) is 5.71. The van der Waals surface area contributed by atoms with Gasteiger partial charge in [-0.05, 0) is 98.7 Å². The van der Waals surface area contributed by atoms with Crippen LogP contribution in [0.2, 0.25) is 0 Å². The first kappa shape index (κ1) is 35.2. The Morgan fingerprint density at radius 1 is 0.957 bits per heavy atom. The van der Waals surface area contributed by atoms with Gasteiger partial charge in [-0.25, -0.2) is 8.42 Å². The fraction of sp³-hybridized carbons (Fsp3) is 0.429. The molecule has 248 valence electrons. The van der Waals surface area contributed by atoms with E-state index in [9.17, 15) is 18.0 Å². The van der Waals surface area contributed by atoms with E-state index < -0.39 is 28.5 Å². The number of methoxy groups -OCH3 is 1. The number of nitrogens with one attached hydrogen (secondary N) is 1. The van der Waals surface area contributed by atoms with E-state index in [-0.39, 0.29) is 23.4 Å². The number of rotatable bonds is 15. The summed E-state index contributed by atoms with van der Waals surface area (Å²) >= 11 is 1.51. The van der Waals surface area contributed by atoms with E-state index in [0.717, 1.165) is 46.9 Å². The molecule has 1 atom stereocenters. The summed E-state index contributed by atoms with van der Waals surface area (Å²) in [5.41, 5.74) is 1.08. The SMILES string of the molecule is CCOc1ccc(N(CC(=O)N(Cc2cccc(OC)c2)[C@H](CC)C(=O)NC2CCCCC2)S(=O)(=O)c2ccc(SC)cc2)cc1. The molecule has 0 spiro atoms. The van der Waals surface area contributed by atoms with Gasteiger partial charge in [0.15, 0.2) is 0 Å². The molecule has 11 heteroatoms. The molecule has 1 N–H and O–H groups in total. The molecule has 1 fully saturated rings. The highest BCUT2D eigenvalue weighted by atomic mass is 32.2. The second kappa shape index (κ2) is 16.7. The molecule has 3 aromatic carbocycles. The third kappa shape index (κ3) is 8.97. The van der Waals surface area contributed by atoms with Gasteiger partial charge in [-0.15, -0.1) is 11.8 Å². The lowest BCUT2D eigenvalue weighted by atomic mass is 9.95. The number of hydrogen-bond acceptors (Lipinski definition) is 7. The molecule has 1 aliphatic carbocycles. The van der Waals surface area contributed by atoms with Gasteiger partial charge in [0.05, 0.1) is 24.3 Å². The average molecular weight is 668 g/mol. The molecule has 0 bridgehead atoms. The zero-order chi connectivity index (χ0) is 33.1. The number of sulfonamides is 1. The average Bonchev–Trinajstić information content (AvgIpc) is 3.08. The molecule has 0 saturated heterocycles. The number of ether oxygens (including phenoxy) is 2. The van der Waals surface area contributed by atoms with E-state index in [4.69, 9.17) is 9.47 Å². The first-order valence-electron chi connectivity index (χ1n) is 15.8. The van der Waals surface area contributed by atoms with Gasteiger partial charge in [0, 0.05) is 17.5 Å². The number of carbonyl (C=O) groups is 2. The molecule has 1 saturated carbocycles. The third-order valence-corrected chi connectivity index (χ3v) is 10.7. The molecule has 0 radical (unpaired) electrons. The first-order chi connectivity index (χ1) is 22.2. The minimum Gasteiger partial charge on any atom is -0.497 e. The number of amides is 2. The number of nitrogens with zero attached hydrogens (tertiary/aromatic N) is 2. The predicted molar refractivity (Wildman–Crippen MR) is 183 cm³/mol. The molecule has 0 aromatic heterocycles. The van der Waals surface area contributed by atoms with Crippen molar-refractivity contribution in [2.45, 2.75) is 80.8 Å². The molecule has 2 amide bonds. The Labute approximate surface area is 277 Å². The van der Waals surface area contributed by atoms with Gasteiger partial charge in [-0.1, -0.05) is 38.3 Å². The largest absolute Gasteiger partial charge is 0.497 e. The lowest BCUT2D eigenvalue weighted by molar-refractivity contribution is -0.140. The van der Waals surface area contributed by atoms with Crippen LogP contribution >= 0.6 is 11.8 Å². The third-order valence-electron chi connectivity index (χ3n) is 8.19. The summed E-state index contributed by atoms with van der Waals surface area (Å²) < 4.78 is 40.5. The quantitative estimate of drug-likeness (QED) is 0.191. The lowest BCUT2D eigenvalue weighted by Crippen LogP contribution is -2.54. The van der Waals surface area contributed by atoms with Crippen LogP contribution in [0, 0.1) is 0 Å². The fourth-order valence-corrected chi connectivity index (χ4v) is 7.53. The summed E-state index contributed by atoms with van der Waals surface area (Å²) in [6, 6.07) is 19.8. The molecule has 9 nitrogen and oxygen atoms in total. The number of thioether (sulfide) groups is 1. The molecule has 3 aromatic rings. The predicted octanol–water partition coefficient (Wildman–Crippen LogP) is 6.27. The van der Waals surface area contributed by atoms with Crippen molar-refractivity contribution in [2.24, 2.45) is 0 Å². The van der Waals surface area contributed by atoms with Crippen molar-refractivity contribution in [3.63, 3.8) is 0 Å². The summed E-state index contributed by atoms with van der Waals surface area (Å²) in [5, 5.41) is 3.18. The Morgan fingerprint density at radius 3 is 2.26 bits per heavy atom. The van der Waals surface area contributed by atoms with Crippen LogP contribution in [0.5, 0.6) is 11.5 Å². The van der Waals surface area contributed by atoms with E-state index in [2.05, 4.69) is 5.32 Å². The highest BCUT2D eigenvalue weighted by molar-refractivity contribution is 7.98. The molecule has 0 aliphatic heterocycles. The Kier molecular flexibility index (Phi) is 12.8. The van der Waals surface area contributed by atoms with Gasteiger partial charge in [-0.2, -0.15) is 0 Å². The summed E-state index contributed by atoms with van der Waals surface area (Å²) in [6.07, 6.45) is 7.36. The molecule has 0 unspecified atom stereocenters. The second-order valence-electron chi connectivity index (χ2n) is 11.3. The van der Waals surface area contributed by atoms with E-state index in [1.807, 2.05) is 44.4 Å². The molecule has 4 rings (SSSR count). The Balaban J connectivity index is 1.72. The topological polar surface area (TPSA) is 105 Å². The minimum absolute atomic E-state index is 0.0633. The zero-order valence-corrected chi connectivity index (χ0v) is 28.7. The molecule has 1 aliphatic rings. The van der Waals surface area contributed by atoms with Crippen LogP contribution < -0.4 is 19.1 Å². The Morgan fingerprint density at radius 2 is 1.65 bits per heavy atom. The Hall–Kier alpha value is -3.70. The number of benzene rings is 3. The van der Waals surface area contributed by atoms with E-state index >= 15 is 0 Å². The maximum Gasteiger partial charge on any atom is 0.264 e. The van der Waals surface area contributed by atoms with Crippen LogP contribution in [0.3, 0.4) is 0 Å². The maximum atomic E-state index is 14.4. The van der Waals surface area contributed by atoms with Crippen molar-refractivity contribution in [2.75, 3.05) is 30.8 Å². The van der Waals surface area contributed by atoms with Gasteiger partial charge >= 0.3 is 0 Å². The van der Waals surface area contributed by atoms with Gasteiger partial charge in [0.25, 0.3) is 10.0 Å². The van der Waals surface area contributed by atoms with Crippen LogP contribution in [0.1, 0.15) is 57.9 Å². The Bertz CT molecular complexity index is 1540. The minimum atomic E-state index is -4.18. The highest BCUT2D eigenvalue weighted by Crippen LogP contribution is 2.28. The number of anilines is 1. The van der Waals surface area contributed by atoms with Gasteiger partial charge in [0.2, 0.25) is 11.8 Å². The van der Waals surface area contributed by atoms with E-state index in [1.54, 1.807) is 55.6 Å². The van der Waals surface area contributed by atoms with Crippen LogP contribution in [-0.2, 0) is 26.2 Å². The van der Waals surface area contributed by atoms with Crippen LogP contribution in [0.4, 0.5) is 5.69 Å². The van der Waals surface area contributed by atoms with E-state index in [0.29, 0.717) is 30.2 Å². The number of carbonyl (C=O) groups excluding carboxylic acids is 2. The number of hydrogen-bond donors (Lipinski definition) is 1. The van der Waals surface area contributed by atoms with Crippen molar-refractivity contribution in [3.8, 4) is 11.5 Å². The smallest absolute Gasteiger partial charge is 0.264 e. The van der Waals surface area contributed by atoms with Gasteiger partial charge < -0.3 is 19.7 Å². The normalized spacial score (nSPS) is 14.3. The highest BCUT2D eigenvalue weighted by Gasteiger charge is 2.34. The van der Waals surface area contributed by atoms with E-state index in [1.165, 1.54) is 16.7 Å². The maximum absolute atomic E-state index is 14.4.